The van der Waals surface area contributed by atoms with Crippen LogP contribution >= 0.6 is 0 Å². The van der Waals surface area contributed by atoms with Gasteiger partial charge in [-0.3, -0.25) is 9.59 Å². The number of nitrogens with one attached hydrogen (secondary N) is 2. The number of amides is 2. The van der Waals surface area contributed by atoms with Gasteiger partial charge in [0.1, 0.15) is 11.5 Å². The van der Waals surface area contributed by atoms with Crippen molar-refractivity contribution in [1.82, 2.24) is 5.43 Å². The van der Waals surface area contributed by atoms with Crippen LogP contribution in [0.5, 0.6) is 11.5 Å². The molecular formula is C16H15N3O4. The number of nitrogens with zero attached hydrogens (tertiary/aromatic N) is 1. The number of methoxy groups -OCH3 is 1. The van der Waals surface area contributed by atoms with Gasteiger partial charge in [0.25, 0.3) is 0 Å². The van der Waals surface area contributed by atoms with Gasteiger partial charge in [0.15, 0.2) is 0 Å². The van der Waals surface area contributed by atoms with Crippen molar-refractivity contribution in [3.63, 3.8) is 0 Å². The molecule has 0 aliphatic heterocycles. The van der Waals surface area contributed by atoms with Crippen molar-refractivity contribution in [2.75, 3.05) is 12.4 Å². The molecule has 2 aromatic rings. The number of hydrogen-bond donors (Lipinski definition) is 3. The number of carbonyl (C=O) groups is 2. The highest BCUT2D eigenvalue weighted by molar-refractivity contribution is 6.39. The minimum atomic E-state index is -0.924. The molecule has 0 spiro atoms. The molecule has 0 aliphatic rings. The van der Waals surface area contributed by atoms with Crippen molar-refractivity contribution < 1.29 is 19.4 Å². The number of carbonyl (C=O) groups excluding carboxylic acids is 2. The molecule has 0 aromatic heterocycles. The van der Waals surface area contributed by atoms with Crippen LogP contribution in [0, 0.1) is 0 Å². The zero-order valence-corrected chi connectivity index (χ0v) is 12.3. The maximum atomic E-state index is 11.7. The molecule has 23 heavy (non-hydrogen) atoms. The van der Waals surface area contributed by atoms with E-state index in [0.29, 0.717) is 17.0 Å². The summed E-state index contributed by atoms with van der Waals surface area (Å²) >= 11 is 0. The van der Waals surface area contributed by atoms with Crippen molar-refractivity contribution in [2.45, 2.75) is 0 Å². The third-order valence-electron chi connectivity index (χ3n) is 2.84. The lowest BCUT2D eigenvalue weighted by atomic mass is 10.2. The van der Waals surface area contributed by atoms with Crippen LogP contribution in [0.15, 0.2) is 53.6 Å². The van der Waals surface area contributed by atoms with E-state index in [-0.39, 0.29) is 5.75 Å². The van der Waals surface area contributed by atoms with E-state index in [1.165, 1.54) is 25.5 Å². The van der Waals surface area contributed by atoms with E-state index >= 15 is 0 Å². The lowest BCUT2D eigenvalue weighted by molar-refractivity contribution is -0.136. The van der Waals surface area contributed by atoms with Crippen molar-refractivity contribution in [1.29, 1.82) is 0 Å². The maximum absolute atomic E-state index is 11.7. The van der Waals surface area contributed by atoms with Crippen LogP contribution in [0.2, 0.25) is 0 Å². The Morgan fingerprint density at radius 1 is 1.13 bits per heavy atom. The first-order valence-corrected chi connectivity index (χ1v) is 6.66. The SMILES string of the molecule is COc1ccc(O)c(/C=N\NC(=O)C(=O)Nc2ccccc2)c1. The minimum absolute atomic E-state index is 0.0301. The van der Waals surface area contributed by atoms with E-state index in [1.54, 1.807) is 36.4 Å². The van der Waals surface area contributed by atoms with Gasteiger partial charge in [-0.1, -0.05) is 18.2 Å². The van der Waals surface area contributed by atoms with Gasteiger partial charge in [-0.05, 0) is 30.3 Å². The summed E-state index contributed by atoms with van der Waals surface area (Å²) in [5, 5.41) is 15.7. The highest BCUT2D eigenvalue weighted by Crippen LogP contribution is 2.20. The molecule has 2 aromatic carbocycles. The quantitative estimate of drug-likeness (QED) is 0.452. The first-order valence-electron chi connectivity index (χ1n) is 6.66. The molecular weight excluding hydrogens is 298 g/mol. The highest BCUT2D eigenvalue weighted by Gasteiger charge is 2.12. The first kappa shape index (κ1) is 16.0. The molecule has 0 radical (unpaired) electrons. The number of rotatable bonds is 4. The van der Waals surface area contributed by atoms with E-state index in [9.17, 15) is 14.7 Å². The second kappa shape index (κ2) is 7.60. The highest BCUT2D eigenvalue weighted by atomic mass is 16.5. The maximum Gasteiger partial charge on any atom is 0.329 e. The molecule has 0 saturated carbocycles. The fourth-order valence-corrected chi connectivity index (χ4v) is 1.68. The average Bonchev–Trinajstić information content (AvgIpc) is 2.57. The Labute approximate surface area is 132 Å². The second-order valence-corrected chi connectivity index (χ2v) is 4.44. The fraction of sp³-hybridized carbons (Fsp3) is 0.0625. The molecule has 7 nitrogen and oxygen atoms in total. The summed E-state index contributed by atoms with van der Waals surface area (Å²) in [4.78, 5) is 23.3. The summed E-state index contributed by atoms with van der Waals surface area (Å²) in [5.41, 5.74) is 2.93. The summed E-state index contributed by atoms with van der Waals surface area (Å²) in [6.45, 7) is 0. The van der Waals surface area contributed by atoms with Gasteiger partial charge < -0.3 is 15.2 Å². The first-order chi connectivity index (χ1) is 11.1. The Balaban J connectivity index is 1.94. The van der Waals surface area contributed by atoms with Crippen LogP contribution in [0.25, 0.3) is 0 Å². The summed E-state index contributed by atoms with van der Waals surface area (Å²) in [7, 11) is 1.49. The summed E-state index contributed by atoms with van der Waals surface area (Å²) < 4.78 is 5.02. The lowest BCUT2D eigenvalue weighted by Crippen LogP contribution is -2.32. The van der Waals surface area contributed by atoms with E-state index in [2.05, 4.69) is 15.8 Å². The lowest BCUT2D eigenvalue weighted by Gasteiger charge is -2.04. The molecule has 0 bridgehead atoms. The van der Waals surface area contributed by atoms with Gasteiger partial charge in [-0.2, -0.15) is 5.10 Å². The molecule has 7 heteroatoms. The number of aromatic hydroxyl groups is 1. The largest absolute Gasteiger partial charge is 0.507 e. The predicted molar refractivity (Wildman–Crippen MR) is 85.5 cm³/mol. The summed E-state index contributed by atoms with van der Waals surface area (Å²) in [6.07, 6.45) is 1.21. The normalized spacial score (nSPS) is 10.3. The third kappa shape index (κ3) is 4.57. The number of hydrogen-bond acceptors (Lipinski definition) is 5. The topological polar surface area (TPSA) is 100 Å². The van der Waals surface area contributed by atoms with Gasteiger partial charge in [0.2, 0.25) is 0 Å². The van der Waals surface area contributed by atoms with Crippen LogP contribution in [0.4, 0.5) is 5.69 Å². The molecule has 0 fully saturated rings. The summed E-state index contributed by atoms with van der Waals surface area (Å²) in [6, 6.07) is 13.1. The Hall–Kier alpha value is -3.35. The Morgan fingerprint density at radius 2 is 1.87 bits per heavy atom. The third-order valence-corrected chi connectivity index (χ3v) is 2.84. The molecule has 2 rings (SSSR count). The van der Waals surface area contributed by atoms with E-state index in [1.807, 2.05) is 0 Å². The second-order valence-electron chi connectivity index (χ2n) is 4.44. The zero-order chi connectivity index (χ0) is 16.7. The van der Waals surface area contributed by atoms with E-state index < -0.39 is 11.8 Å². The van der Waals surface area contributed by atoms with Gasteiger partial charge in [-0.25, -0.2) is 5.43 Å². The Morgan fingerprint density at radius 3 is 2.57 bits per heavy atom. The van der Waals surface area contributed by atoms with Crippen molar-refractivity contribution in [2.24, 2.45) is 5.10 Å². The molecule has 0 atom stereocenters. The van der Waals surface area contributed by atoms with Crippen LogP contribution in [0.1, 0.15) is 5.56 Å². The average molecular weight is 313 g/mol. The molecule has 0 unspecified atom stereocenters. The molecule has 3 N–H and O–H groups in total. The zero-order valence-electron chi connectivity index (χ0n) is 12.3. The number of phenolic OH excluding ortho intramolecular Hbond substituents is 1. The molecule has 0 heterocycles. The van der Waals surface area contributed by atoms with Crippen molar-refractivity contribution >= 4 is 23.7 Å². The standard InChI is InChI=1S/C16H15N3O4/c1-23-13-7-8-14(20)11(9-13)10-17-19-16(22)15(21)18-12-5-3-2-4-6-12/h2-10,20H,1H3,(H,18,21)(H,19,22)/b17-10-. The molecule has 0 aliphatic carbocycles. The number of ether oxygens (including phenoxy) is 1. The molecule has 2 amide bonds. The van der Waals surface area contributed by atoms with Crippen LogP contribution < -0.4 is 15.5 Å². The van der Waals surface area contributed by atoms with E-state index in [0.717, 1.165) is 0 Å². The number of para-hydroxylation sites is 1. The molecule has 0 saturated heterocycles. The van der Waals surface area contributed by atoms with E-state index in [4.69, 9.17) is 4.74 Å². The van der Waals surface area contributed by atoms with Gasteiger partial charge >= 0.3 is 11.8 Å². The Bertz CT molecular complexity index is 729. The van der Waals surface area contributed by atoms with Gasteiger partial charge in [0, 0.05) is 11.3 Å². The number of phenols is 1. The van der Waals surface area contributed by atoms with Crippen molar-refractivity contribution in [3.8, 4) is 11.5 Å². The van der Waals surface area contributed by atoms with Gasteiger partial charge in [0.05, 0.1) is 13.3 Å². The number of anilines is 1. The van der Waals surface area contributed by atoms with Crippen LogP contribution in [-0.4, -0.2) is 30.2 Å². The smallest absolute Gasteiger partial charge is 0.329 e. The summed E-state index contributed by atoms with van der Waals surface area (Å²) in [5.74, 6) is -1.27. The Kier molecular flexibility index (Phi) is 5.30. The predicted octanol–water partition coefficient (Wildman–Crippen LogP) is 1.49. The van der Waals surface area contributed by atoms with Crippen LogP contribution in [-0.2, 0) is 9.59 Å². The fourth-order valence-electron chi connectivity index (χ4n) is 1.68. The minimum Gasteiger partial charge on any atom is -0.507 e. The van der Waals surface area contributed by atoms with Gasteiger partial charge in [-0.15, -0.1) is 0 Å². The number of benzene rings is 2. The van der Waals surface area contributed by atoms with Crippen LogP contribution in [0.3, 0.4) is 0 Å². The van der Waals surface area contributed by atoms with Crippen molar-refractivity contribution in [3.05, 3.63) is 54.1 Å². The monoisotopic (exact) mass is 313 g/mol. The molecule has 118 valence electrons. The number of hydrazone groups is 1.